The minimum atomic E-state index is -0.645. The highest BCUT2D eigenvalue weighted by Crippen LogP contribution is 2.17. The molecule has 0 radical (unpaired) electrons. The van der Waals surface area contributed by atoms with Crippen molar-refractivity contribution in [3.63, 3.8) is 0 Å². The molecule has 7 heteroatoms. The van der Waals surface area contributed by atoms with E-state index in [0.717, 1.165) is 5.56 Å². The molecular formula is C22H18N2O5. The Balaban J connectivity index is 1.46. The number of nitrogens with zero attached hydrogens (tertiary/aromatic N) is 2. The average molecular weight is 390 g/mol. The van der Waals surface area contributed by atoms with Crippen LogP contribution < -0.4 is 10.3 Å². The number of fused-ring (bicyclic) bond motifs is 1. The van der Waals surface area contributed by atoms with Crippen LogP contribution in [0.4, 0.5) is 0 Å². The molecule has 0 spiro atoms. The summed E-state index contributed by atoms with van der Waals surface area (Å²) >= 11 is 0. The fourth-order valence-corrected chi connectivity index (χ4v) is 2.89. The zero-order valence-corrected chi connectivity index (χ0v) is 15.7. The maximum absolute atomic E-state index is 12.4. The number of furan rings is 1. The first-order chi connectivity index (χ1) is 14.1. The molecule has 0 aliphatic heterocycles. The van der Waals surface area contributed by atoms with Gasteiger partial charge in [-0.05, 0) is 36.8 Å². The van der Waals surface area contributed by atoms with Gasteiger partial charge in [0.25, 0.3) is 5.56 Å². The van der Waals surface area contributed by atoms with E-state index in [2.05, 4.69) is 4.98 Å². The normalized spacial score (nSPS) is 10.8. The van der Waals surface area contributed by atoms with Crippen molar-refractivity contribution in [2.45, 2.75) is 20.1 Å². The number of hydrogen-bond acceptors (Lipinski definition) is 6. The number of benzene rings is 1. The van der Waals surface area contributed by atoms with Gasteiger partial charge in [0.2, 0.25) is 5.76 Å². The zero-order chi connectivity index (χ0) is 20.2. The van der Waals surface area contributed by atoms with Crippen molar-refractivity contribution in [1.82, 2.24) is 9.38 Å². The minimum Gasteiger partial charge on any atom is -0.489 e. The van der Waals surface area contributed by atoms with Crippen LogP contribution in [0.1, 0.15) is 27.4 Å². The summed E-state index contributed by atoms with van der Waals surface area (Å²) in [6.45, 7) is 1.89. The molecule has 146 valence electrons. The number of rotatable bonds is 6. The van der Waals surface area contributed by atoms with Gasteiger partial charge >= 0.3 is 5.97 Å². The standard InChI is InChI=1S/C22H18N2O5/c1-15-6-5-10-24-19(25)12-17(23-21(15)24)14-29-22(26)20-16(9-11-27-20)13-28-18-7-3-2-4-8-18/h2-12H,13-14H2,1H3. The van der Waals surface area contributed by atoms with Crippen molar-refractivity contribution in [2.24, 2.45) is 0 Å². The lowest BCUT2D eigenvalue weighted by atomic mass is 10.2. The molecule has 4 aromatic rings. The molecule has 7 nitrogen and oxygen atoms in total. The Kier molecular flexibility index (Phi) is 5.11. The first-order valence-electron chi connectivity index (χ1n) is 9.01. The highest BCUT2D eigenvalue weighted by molar-refractivity contribution is 5.87. The molecule has 3 heterocycles. The molecule has 1 aromatic carbocycles. The van der Waals surface area contributed by atoms with Gasteiger partial charge in [-0.3, -0.25) is 9.20 Å². The van der Waals surface area contributed by atoms with E-state index in [1.165, 1.54) is 16.7 Å². The fraction of sp³-hybridized carbons (Fsp3) is 0.136. The first kappa shape index (κ1) is 18.5. The van der Waals surface area contributed by atoms with E-state index in [4.69, 9.17) is 13.9 Å². The summed E-state index contributed by atoms with van der Waals surface area (Å²) in [5.41, 5.74) is 2.08. The molecule has 0 N–H and O–H groups in total. The van der Waals surface area contributed by atoms with Crippen molar-refractivity contribution in [3.05, 3.63) is 100.0 Å². The molecule has 0 amide bonds. The number of ether oxygens (including phenoxy) is 2. The van der Waals surface area contributed by atoms with Gasteiger partial charge in [0, 0.05) is 17.8 Å². The number of hydrogen-bond donors (Lipinski definition) is 0. The molecular weight excluding hydrogens is 372 g/mol. The van der Waals surface area contributed by atoms with Crippen LogP contribution in [0, 0.1) is 6.92 Å². The van der Waals surface area contributed by atoms with Crippen LogP contribution in [0.25, 0.3) is 5.65 Å². The molecule has 0 saturated carbocycles. The molecule has 0 saturated heterocycles. The van der Waals surface area contributed by atoms with E-state index in [1.807, 2.05) is 43.3 Å². The van der Waals surface area contributed by atoms with E-state index < -0.39 is 5.97 Å². The number of carbonyl (C=O) groups excluding carboxylic acids is 1. The van der Waals surface area contributed by atoms with E-state index >= 15 is 0 Å². The van der Waals surface area contributed by atoms with Gasteiger partial charge in [-0.1, -0.05) is 24.3 Å². The fourth-order valence-electron chi connectivity index (χ4n) is 2.89. The summed E-state index contributed by atoms with van der Waals surface area (Å²) in [5.74, 6) is 0.104. The van der Waals surface area contributed by atoms with Crippen LogP contribution in [0.3, 0.4) is 0 Å². The van der Waals surface area contributed by atoms with Gasteiger partial charge in [0.1, 0.15) is 24.6 Å². The molecule has 0 aliphatic carbocycles. The number of aromatic nitrogens is 2. The second kappa shape index (κ2) is 8.02. The largest absolute Gasteiger partial charge is 0.489 e. The van der Waals surface area contributed by atoms with Crippen LogP contribution >= 0.6 is 0 Å². The number of carbonyl (C=O) groups is 1. The lowest BCUT2D eigenvalue weighted by molar-refractivity contribution is 0.0427. The first-order valence-corrected chi connectivity index (χ1v) is 9.01. The summed E-state index contributed by atoms with van der Waals surface area (Å²) in [6.07, 6.45) is 3.06. The molecule has 3 aromatic heterocycles. The number of pyridine rings is 1. The summed E-state index contributed by atoms with van der Waals surface area (Å²) in [7, 11) is 0. The second-order valence-corrected chi connectivity index (χ2v) is 6.42. The van der Waals surface area contributed by atoms with Crippen LogP contribution in [-0.4, -0.2) is 15.4 Å². The smallest absolute Gasteiger partial charge is 0.375 e. The van der Waals surface area contributed by atoms with Gasteiger partial charge in [-0.25, -0.2) is 9.78 Å². The average Bonchev–Trinajstić information content (AvgIpc) is 3.21. The summed E-state index contributed by atoms with van der Waals surface area (Å²) in [5, 5.41) is 0. The van der Waals surface area contributed by atoms with Gasteiger partial charge in [0.05, 0.1) is 12.0 Å². The Labute approximate surface area is 166 Å². The predicted octanol–water partition coefficient (Wildman–Crippen LogP) is 3.53. The maximum Gasteiger partial charge on any atom is 0.375 e. The third-order valence-electron chi connectivity index (χ3n) is 4.36. The molecule has 0 fully saturated rings. The van der Waals surface area contributed by atoms with Gasteiger partial charge in [-0.15, -0.1) is 0 Å². The van der Waals surface area contributed by atoms with Crippen molar-refractivity contribution in [1.29, 1.82) is 0 Å². The number of para-hydroxylation sites is 1. The van der Waals surface area contributed by atoms with E-state index in [0.29, 0.717) is 22.7 Å². The number of esters is 1. The Bertz CT molecular complexity index is 1210. The van der Waals surface area contributed by atoms with Crippen LogP contribution in [0.15, 0.2) is 76.3 Å². The van der Waals surface area contributed by atoms with E-state index in [1.54, 1.807) is 18.3 Å². The topological polar surface area (TPSA) is 83.0 Å². The third kappa shape index (κ3) is 4.03. The van der Waals surface area contributed by atoms with Crippen molar-refractivity contribution in [3.8, 4) is 5.75 Å². The zero-order valence-electron chi connectivity index (χ0n) is 15.7. The molecule has 4 rings (SSSR count). The van der Waals surface area contributed by atoms with E-state index in [-0.39, 0.29) is 24.5 Å². The van der Waals surface area contributed by atoms with Crippen molar-refractivity contribution in [2.75, 3.05) is 0 Å². The number of aryl methyl sites for hydroxylation is 1. The van der Waals surface area contributed by atoms with Gasteiger partial charge in [-0.2, -0.15) is 0 Å². The lowest BCUT2D eigenvalue weighted by Crippen LogP contribution is -2.17. The molecule has 0 bridgehead atoms. The van der Waals surface area contributed by atoms with E-state index in [9.17, 15) is 9.59 Å². The Morgan fingerprint density at radius 2 is 1.93 bits per heavy atom. The monoisotopic (exact) mass is 390 g/mol. The highest BCUT2D eigenvalue weighted by Gasteiger charge is 2.18. The SMILES string of the molecule is Cc1cccn2c(=O)cc(COC(=O)c3occc3COc3ccccc3)nc12. The highest BCUT2D eigenvalue weighted by atomic mass is 16.5. The molecule has 0 unspecified atom stereocenters. The van der Waals surface area contributed by atoms with Crippen molar-refractivity contribution < 1.29 is 18.7 Å². The molecule has 29 heavy (non-hydrogen) atoms. The molecule has 0 atom stereocenters. The lowest BCUT2D eigenvalue weighted by Gasteiger charge is -2.08. The summed E-state index contributed by atoms with van der Waals surface area (Å²) in [6, 6.07) is 15.9. The van der Waals surface area contributed by atoms with Gasteiger partial charge in [0.15, 0.2) is 0 Å². The van der Waals surface area contributed by atoms with Crippen LogP contribution in [0.5, 0.6) is 5.75 Å². The predicted molar refractivity (Wildman–Crippen MR) is 105 cm³/mol. The van der Waals surface area contributed by atoms with Crippen LogP contribution in [0.2, 0.25) is 0 Å². The third-order valence-corrected chi connectivity index (χ3v) is 4.36. The van der Waals surface area contributed by atoms with Crippen LogP contribution in [-0.2, 0) is 18.0 Å². The Morgan fingerprint density at radius 1 is 1.10 bits per heavy atom. The quantitative estimate of drug-likeness (QED) is 0.469. The van der Waals surface area contributed by atoms with Gasteiger partial charge < -0.3 is 13.9 Å². The minimum absolute atomic E-state index is 0.0645. The van der Waals surface area contributed by atoms with Crippen molar-refractivity contribution >= 4 is 11.6 Å². The second-order valence-electron chi connectivity index (χ2n) is 6.42. The molecule has 0 aliphatic rings. The summed E-state index contributed by atoms with van der Waals surface area (Å²) < 4.78 is 17.7. The maximum atomic E-state index is 12.4. The summed E-state index contributed by atoms with van der Waals surface area (Å²) in [4.78, 5) is 29.1. The Hall–Kier alpha value is -3.87. The Morgan fingerprint density at radius 3 is 2.76 bits per heavy atom.